The number of nitrogens with zero attached hydrogens (tertiary/aromatic N) is 3. The summed E-state index contributed by atoms with van der Waals surface area (Å²) in [5.41, 5.74) is 5.76. The smallest absolute Gasteiger partial charge is 0.260 e. The number of rotatable bonds is 4. The van der Waals surface area contributed by atoms with Crippen molar-refractivity contribution in [3.63, 3.8) is 0 Å². The Morgan fingerprint density at radius 2 is 1.54 bits per heavy atom. The molecule has 7 nitrogen and oxygen atoms in total. The molecular formula is C28H25N5O2. The molecule has 35 heavy (non-hydrogen) atoms. The van der Waals surface area contributed by atoms with Crippen LogP contribution in [0.2, 0.25) is 0 Å². The molecule has 0 aliphatic carbocycles. The first-order valence-electron chi connectivity index (χ1n) is 11.5. The Labute approximate surface area is 204 Å². The van der Waals surface area contributed by atoms with Gasteiger partial charge in [-0.1, -0.05) is 18.2 Å². The van der Waals surface area contributed by atoms with Crippen molar-refractivity contribution < 1.29 is 9.59 Å². The second kappa shape index (κ2) is 9.45. The molecule has 3 aromatic rings. The molecule has 0 bridgehead atoms. The minimum atomic E-state index is -0.443. The van der Waals surface area contributed by atoms with Gasteiger partial charge in [-0.25, -0.2) is 0 Å². The van der Waals surface area contributed by atoms with Crippen LogP contribution < -0.4 is 15.5 Å². The fourth-order valence-electron chi connectivity index (χ4n) is 4.37. The number of fused-ring (bicyclic) bond motifs is 1. The zero-order valence-electron chi connectivity index (χ0n) is 19.4. The summed E-state index contributed by atoms with van der Waals surface area (Å²) in [6, 6.07) is 22.9. The Hall–Kier alpha value is -4.41. The second-order valence-corrected chi connectivity index (χ2v) is 8.77. The topological polar surface area (TPSA) is 88.5 Å². The predicted molar refractivity (Wildman–Crippen MR) is 137 cm³/mol. The highest BCUT2D eigenvalue weighted by Gasteiger charge is 2.27. The SMILES string of the molecule is CN1CCN(c2ccc(N/C=C3\C(=O)NC(=O)c4ccc(-c5ccc(C#N)cc5)cc43)cc2)CC1. The van der Waals surface area contributed by atoms with Crippen molar-refractivity contribution in [3.8, 4) is 17.2 Å². The van der Waals surface area contributed by atoms with Gasteiger partial charge in [-0.3, -0.25) is 14.9 Å². The van der Waals surface area contributed by atoms with Crippen LogP contribution in [0.4, 0.5) is 11.4 Å². The molecule has 0 unspecified atom stereocenters. The van der Waals surface area contributed by atoms with Crippen LogP contribution in [0.1, 0.15) is 21.5 Å². The van der Waals surface area contributed by atoms with Gasteiger partial charge in [-0.05, 0) is 66.7 Å². The Bertz CT molecular complexity index is 1350. The summed E-state index contributed by atoms with van der Waals surface area (Å²) < 4.78 is 0. The van der Waals surface area contributed by atoms with Crippen LogP contribution in [0, 0.1) is 11.3 Å². The molecule has 1 fully saturated rings. The molecule has 0 saturated carbocycles. The van der Waals surface area contributed by atoms with Gasteiger partial charge in [0.05, 0.1) is 17.2 Å². The second-order valence-electron chi connectivity index (χ2n) is 8.77. The highest BCUT2D eigenvalue weighted by atomic mass is 16.2. The average molecular weight is 464 g/mol. The summed E-state index contributed by atoms with van der Waals surface area (Å²) in [4.78, 5) is 29.8. The Kier molecular flexibility index (Phi) is 6.04. The molecule has 0 radical (unpaired) electrons. The van der Waals surface area contributed by atoms with E-state index in [2.05, 4.69) is 45.7 Å². The van der Waals surface area contributed by atoms with Crippen LogP contribution in [0.25, 0.3) is 16.7 Å². The third-order valence-corrected chi connectivity index (χ3v) is 6.49. The van der Waals surface area contributed by atoms with E-state index >= 15 is 0 Å². The van der Waals surface area contributed by atoms with E-state index in [1.165, 1.54) is 5.69 Å². The molecule has 0 spiro atoms. The van der Waals surface area contributed by atoms with Crippen LogP contribution >= 0.6 is 0 Å². The molecule has 2 N–H and O–H groups in total. The fraction of sp³-hybridized carbons (Fsp3) is 0.179. The number of amides is 2. The lowest BCUT2D eigenvalue weighted by molar-refractivity contribution is -0.114. The lowest BCUT2D eigenvalue weighted by Gasteiger charge is -2.34. The standard InChI is InChI=1S/C28H25N5O2/c1-32-12-14-33(15-13-32)23-9-7-22(8-10-23)30-18-26-25-16-21(20-4-2-19(17-29)3-5-20)6-11-24(25)27(34)31-28(26)35/h2-11,16,18,30H,12-15H2,1H3,(H,31,34,35)/b26-18-. The number of hydrogen-bond donors (Lipinski definition) is 2. The molecule has 174 valence electrons. The van der Waals surface area contributed by atoms with E-state index in [0.717, 1.165) is 43.0 Å². The van der Waals surface area contributed by atoms with Gasteiger partial charge >= 0.3 is 0 Å². The number of likely N-dealkylation sites (N-methyl/N-ethyl adjacent to an activating group) is 1. The van der Waals surface area contributed by atoms with Gasteiger partial charge in [-0.2, -0.15) is 5.26 Å². The van der Waals surface area contributed by atoms with E-state index in [4.69, 9.17) is 5.26 Å². The molecule has 2 aliphatic heterocycles. The third-order valence-electron chi connectivity index (χ3n) is 6.49. The van der Waals surface area contributed by atoms with Crippen LogP contribution in [0.5, 0.6) is 0 Å². The van der Waals surface area contributed by atoms with Crippen LogP contribution in [0.15, 0.2) is 72.9 Å². The molecule has 3 aromatic carbocycles. The molecule has 0 atom stereocenters. The number of nitrogens with one attached hydrogen (secondary N) is 2. The first kappa shape index (κ1) is 22.4. The quantitative estimate of drug-likeness (QED) is 0.453. The molecule has 2 amide bonds. The van der Waals surface area contributed by atoms with Crippen molar-refractivity contribution in [1.82, 2.24) is 10.2 Å². The van der Waals surface area contributed by atoms with Crippen molar-refractivity contribution in [2.45, 2.75) is 0 Å². The van der Waals surface area contributed by atoms with Gasteiger partial charge in [0.1, 0.15) is 0 Å². The Morgan fingerprint density at radius 3 is 2.23 bits per heavy atom. The minimum absolute atomic E-state index is 0.387. The van der Waals surface area contributed by atoms with E-state index in [1.807, 2.05) is 36.4 Å². The number of carbonyl (C=O) groups is 2. The van der Waals surface area contributed by atoms with Gasteiger partial charge in [0.25, 0.3) is 11.8 Å². The molecule has 2 aliphatic rings. The van der Waals surface area contributed by atoms with E-state index < -0.39 is 11.8 Å². The summed E-state index contributed by atoms with van der Waals surface area (Å²) in [5, 5.41) is 14.7. The zero-order valence-corrected chi connectivity index (χ0v) is 19.4. The van der Waals surface area contributed by atoms with Gasteiger partial charge in [0.2, 0.25) is 0 Å². The number of piperazine rings is 1. The molecule has 2 heterocycles. The first-order valence-corrected chi connectivity index (χ1v) is 11.5. The van der Waals surface area contributed by atoms with Crippen LogP contribution in [-0.4, -0.2) is 49.9 Å². The number of carbonyl (C=O) groups excluding carboxylic acids is 2. The molecule has 7 heteroatoms. The van der Waals surface area contributed by atoms with Crippen molar-refractivity contribution in [2.75, 3.05) is 43.4 Å². The fourth-order valence-corrected chi connectivity index (χ4v) is 4.37. The minimum Gasteiger partial charge on any atom is -0.369 e. The number of anilines is 2. The lowest BCUT2D eigenvalue weighted by atomic mass is 9.91. The monoisotopic (exact) mass is 463 g/mol. The summed E-state index contributed by atoms with van der Waals surface area (Å²) >= 11 is 0. The zero-order chi connectivity index (χ0) is 24.4. The van der Waals surface area contributed by atoms with Crippen molar-refractivity contribution in [3.05, 3.63) is 89.6 Å². The Morgan fingerprint density at radius 1 is 0.857 bits per heavy atom. The number of imide groups is 1. The van der Waals surface area contributed by atoms with E-state index in [0.29, 0.717) is 22.3 Å². The highest BCUT2D eigenvalue weighted by molar-refractivity contribution is 6.31. The first-order chi connectivity index (χ1) is 17.0. The molecule has 0 aromatic heterocycles. The maximum Gasteiger partial charge on any atom is 0.260 e. The van der Waals surface area contributed by atoms with Gasteiger partial charge in [0, 0.05) is 54.9 Å². The van der Waals surface area contributed by atoms with Crippen molar-refractivity contribution in [1.29, 1.82) is 5.26 Å². The number of hydrogen-bond acceptors (Lipinski definition) is 6. The summed E-state index contributed by atoms with van der Waals surface area (Å²) in [5.74, 6) is -0.855. The van der Waals surface area contributed by atoms with E-state index in [1.54, 1.807) is 24.4 Å². The van der Waals surface area contributed by atoms with Gasteiger partial charge < -0.3 is 15.1 Å². The summed E-state index contributed by atoms with van der Waals surface area (Å²) in [6.07, 6.45) is 1.65. The maximum atomic E-state index is 12.7. The predicted octanol–water partition coefficient (Wildman–Crippen LogP) is 3.70. The maximum absolute atomic E-state index is 12.7. The number of benzene rings is 3. The lowest BCUT2D eigenvalue weighted by Crippen LogP contribution is -2.44. The Balaban J connectivity index is 1.40. The van der Waals surface area contributed by atoms with E-state index in [9.17, 15) is 9.59 Å². The molecule has 1 saturated heterocycles. The van der Waals surface area contributed by atoms with Crippen LogP contribution in [-0.2, 0) is 4.79 Å². The van der Waals surface area contributed by atoms with Crippen molar-refractivity contribution >= 4 is 28.8 Å². The summed E-state index contributed by atoms with van der Waals surface area (Å²) in [7, 11) is 2.14. The third kappa shape index (κ3) is 4.65. The molecule has 5 rings (SSSR count). The molecular weight excluding hydrogens is 438 g/mol. The normalized spacial score (nSPS) is 17.0. The average Bonchev–Trinajstić information content (AvgIpc) is 2.89. The van der Waals surface area contributed by atoms with Gasteiger partial charge in [-0.15, -0.1) is 0 Å². The largest absolute Gasteiger partial charge is 0.369 e. The van der Waals surface area contributed by atoms with Crippen LogP contribution in [0.3, 0.4) is 0 Å². The summed E-state index contributed by atoms with van der Waals surface area (Å²) in [6.45, 7) is 4.09. The van der Waals surface area contributed by atoms with E-state index in [-0.39, 0.29) is 0 Å². The van der Waals surface area contributed by atoms with Gasteiger partial charge in [0.15, 0.2) is 0 Å². The number of nitriles is 1. The van der Waals surface area contributed by atoms with Crippen molar-refractivity contribution in [2.24, 2.45) is 0 Å². The highest BCUT2D eigenvalue weighted by Crippen LogP contribution is 2.30.